The molecular weight excluding hydrogens is 232 g/mol. The van der Waals surface area contributed by atoms with Crippen molar-refractivity contribution >= 4 is 5.78 Å². The number of fused-ring (bicyclic) bond motifs is 1. The molecular formula is C18H28O. The molecule has 4 atom stereocenters. The Hall–Kier alpha value is -0.850. The molecule has 0 spiro atoms. The van der Waals surface area contributed by atoms with Crippen LogP contribution >= 0.6 is 0 Å². The normalized spacial score (nSPS) is 32.5. The Kier molecular flexibility index (Phi) is 4.65. The Labute approximate surface area is 118 Å². The number of allylic oxidation sites excluding steroid dienone is 3. The first-order valence-corrected chi connectivity index (χ1v) is 7.89. The third-order valence-corrected chi connectivity index (χ3v) is 5.20. The molecule has 0 aliphatic heterocycles. The van der Waals surface area contributed by atoms with Crippen molar-refractivity contribution in [1.82, 2.24) is 0 Å². The van der Waals surface area contributed by atoms with Crippen LogP contribution in [-0.2, 0) is 4.79 Å². The molecule has 19 heavy (non-hydrogen) atoms. The van der Waals surface area contributed by atoms with E-state index in [2.05, 4.69) is 33.4 Å². The number of hydrogen-bond acceptors (Lipinski definition) is 1. The fourth-order valence-electron chi connectivity index (χ4n) is 3.81. The molecule has 1 heteroatoms. The molecule has 2 aliphatic carbocycles. The van der Waals surface area contributed by atoms with Crippen LogP contribution in [0.2, 0.25) is 0 Å². The van der Waals surface area contributed by atoms with Crippen LogP contribution in [0, 0.1) is 23.7 Å². The highest BCUT2D eigenvalue weighted by Gasteiger charge is 2.38. The molecule has 2 aliphatic rings. The van der Waals surface area contributed by atoms with Gasteiger partial charge >= 0.3 is 0 Å². The van der Waals surface area contributed by atoms with Crippen LogP contribution in [0.4, 0.5) is 0 Å². The summed E-state index contributed by atoms with van der Waals surface area (Å²) in [6, 6.07) is 0. The average Bonchev–Trinajstić information content (AvgIpc) is 2.81. The van der Waals surface area contributed by atoms with Gasteiger partial charge in [0.1, 0.15) is 0 Å². The first-order chi connectivity index (χ1) is 9.00. The predicted molar refractivity (Wildman–Crippen MR) is 80.9 cm³/mol. The number of Topliss-reactive ketones (excluding diaryl/α,β-unsaturated/α-hetero) is 1. The zero-order valence-electron chi connectivity index (χ0n) is 12.7. The van der Waals surface area contributed by atoms with Crippen LogP contribution < -0.4 is 0 Å². The molecule has 1 fully saturated rings. The predicted octanol–water partition coefficient (Wildman–Crippen LogP) is 4.93. The van der Waals surface area contributed by atoms with Crippen molar-refractivity contribution < 1.29 is 4.79 Å². The van der Waals surface area contributed by atoms with Crippen molar-refractivity contribution in [2.75, 3.05) is 0 Å². The van der Waals surface area contributed by atoms with E-state index in [0.717, 1.165) is 25.7 Å². The van der Waals surface area contributed by atoms with E-state index >= 15 is 0 Å². The van der Waals surface area contributed by atoms with Crippen LogP contribution in [0.15, 0.2) is 23.8 Å². The van der Waals surface area contributed by atoms with Crippen molar-refractivity contribution in [2.45, 2.75) is 59.3 Å². The van der Waals surface area contributed by atoms with Crippen LogP contribution in [0.1, 0.15) is 59.3 Å². The van der Waals surface area contributed by atoms with E-state index in [1.54, 1.807) is 0 Å². The second-order valence-corrected chi connectivity index (χ2v) is 6.84. The molecule has 0 aromatic carbocycles. The second-order valence-electron chi connectivity index (χ2n) is 6.84. The fraction of sp³-hybridized carbons (Fsp3) is 0.722. The summed E-state index contributed by atoms with van der Waals surface area (Å²) >= 11 is 0. The average molecular weight is 260 g/mol. The maximum Gasteiger partial charge on any atom is 0.162 e. The lowest BCUT2D eigenvalue weighted by Gasteiger charge is -2.22. The molecule has 0 radical (unpaired) electrons. The standard InChI is InChI=1S/C18H28O/c1-12(2)8-9-14(4)16-11-10-13(3)15-6-5-7-17(15)18(16)19/h7,13-16H,1,5-6,8-11H2,2-4H3/t13-,14+,15+,16-/m1/s1. The summed E-state index contributed by atoms with van der Waals surface area (Å²) in [5.41, 5.74) is 2.41. The van der Waals surface area contributed by atoms with Gasteiger partial charge in [0.15, 0.2) is 5.78 Å². The molecule has 2 rings (SSSR count). The van der Waals surface area contributed by atoms with Gasteiger partial charge < -0.3 is 0 Å². The first-order valence-electron chi connectivity index (χ1n) is 7.89. The molecule has 0 bridgehead atoms. The van der Waals surface area contributed by atoms with Gasteiger partial charge in [0.2, 0.25) is 0 Å². The summed E-state index contributed by atoms with van der Waals surface area (Å²) in [6.07, 6.45) is 9.02. The monoisotopic (exact) mass is 260 g/mol. The van der Waals surface area contributed by atoms with E-state index in [1.165, 1.54) is 24.0 Å². The van der Waals surface area contributed by atoms with Crippen molar-refractivity contribution in [3.8, 4) is 0 Å². The molecule has 0 unspecified atom stereocenters. The first kappa shape index (κ1) is 14.6. The quantitative estimate of drug-likeness (QED) is 0.655. The fourth-order valence-corrected chi connectivity index (χ4v) is 3.81. The summed E-state index contributed by atoms with van der Waals surface area (Å²) < 4.78 is 0. The smallest absolute Gasteiger partial charge is 0.162 e. The molecule has 1 saturated carbocycles. The van der Waals surface area contributed by atoms with Crippen molar-refractivity contribution in [2.24, 2.45) is 23.7 Å². The summed E-state index contributed by atoms with van der Waals surface area (Å²) in [5.74, 6) is 2.48. The lowest BCUT2D eigenvalue weighted by Crippen LogP contribution is -2.23. The zero-order chi connectivity index (χ0) is 14.0. The minimum atomic E-state index is 0.260. The van der Waals surface area contributed by atoms with Crippen LogP contribution in [0.25, 0.3) is 0 Å². The molecule has 0 aromatic rings. The van der Waals surface area contributed by atoms with E-state index in [1.807, 2.05) is 0 Å². The largest absolute Gasteiger partial charge is 0.294 e. The summed E-state index contributed by atoms with van der Waals surface area (Å²) in [4.78, 5) is 12.8. The van der Waals surface area contributed by atoms with Gasteiger partial charge in [-0.15, -0.1) is 6.58 Å². The number of rotatable bonds is 4. The van der Waals surface area contributed by atoms with E-state index in [4.69, 9.17) is 0 Å². The SMILES string of the molecule is C=C(C)CC[C@H](C)[C@H]1CC[C@@H](C)[C@@H]2CCC=C2C1=O. The Morgan fingerprint density at radius 3 is 2.84 bits per heavy atom. The Bertz CT molecular complexity index is 390. The number of carbonyl (C=O) groups is 1. The van der Waals surface area contributed by atoms with Gasteiger partial charge in [0, 0.05) is 5.92 Å². The van der Waals surface area contributed by atoms with Crippen molar-refractivity contribution in [3.05, 3.63) is 23.8 Å². The van der Waals surface area contributed by atoms with Gasteiger partial charge in [-0.2, -0.15) is 0 Å². The summed E-state index contributed by atoms with van der Waals surface area (Å²) in [6.45, 7) is 10.6. The highest BCUT2D eigenvalue weighted by Crippen LogP contribution is 2.42. The number of carbonyl (C=O) groups excluding carboxylic acids is 1. The van der Waals surface area contributed by atoms with Crippen molar-refractivity contribution in [3.63, 3.8) is 0 Å². The molecule has 1 nitrogen and oxygen atoms in total. The maximum atomic E-state index is 12.8. The highest BCUT2D eigenvalue weighted by molar-refractivity contribution is 5.98. The Morgan fingerprint density at radius 1 is 1.42 bits per heavy atom. The van der Waals surface area contributed by atoms with Crippen LogP contribution in [0.5, 0.6) is 0 Å². The lowest BCUT2D eigenvalue weighted by molar-refractivity contribution is -0.121. The molecule has 0 aromatic heterocycles. The number of ketones is 1. The van der Waals surface area contributed by atoms with Gasteiger partial charge in [-0.05, 0) is 68.8 Å². The zero-order valence-corrected chi connectivity index (χ0v) is 12.7. The second kappa shape index (κ2) is 6.07. The minimum absolute atomic E-state index is 0.260. The Morgan fingerprint density at radius 2 is 2.16 bits per heavy atom. The molecule has 0 heterocycles. The third-order valence-electron chi connectivity index (χ3n) is 5.20. The molecule has 106 valence electrons. The minimum Gasteiger partial charge on any atom is -0.294 e. The van der Waals surface area contributed by atoms with Gasteiger partial charge in [-0.3, -0.25) is 4.79 Å². The number of hydrogen-bond donors (Lipinski definition) is 0. The van der Waals surface area contributed by atoms with Crippen LogP contribution in [0.3, 0.4) is 0 Å². The molecule has 0 amide bonds. The summed E-state index contributed by atoms with van der Waals surface area (Å²) in [7, 11) is 0. The molecule has 0 saturated heterocycles. The highest BCUT2D eigenvalue weighted by atomic mass is 16.1. The van der Waals surface area contributed by atoms with Gasteiger partial charge in [-0.1, -0.05) is 25.5 Å². The maximum absolute atomic E-state index is 12.8. The van der Waals surface area contributed by atoms with Crippen molar-refractivity contribution in [1.29, 1.82) is 0 Å². The van der Waals surface area contributed by atoms with E-state index in [0.29, 0.717) is 23.5 Å². The Balaban J connectivity index is 2.08. The van der Waals surface area contributed by atoms with E-state index < -0.39 is 0 Å². The van der Waals surface area contributed by atoms with E-state index in [-0.39, 0.29) is 5.92 Å². The topological polar surface area (TPSA) is 17.1 Å². The van der Waals surface area contributed by atoms with Gasteiger partial charge in [-0.25, -0.2) is 0 Å². The van der Waals surface area contributed by atoms with Gasteiger partial charge in [0.25, 0.3) is 0 Å². The third kappa shape index (κ3) is 3.19. The van der Waals surface area contributed by atoms with Gasteiger partial charge in [0.05, 0.1) is 0 Å². The summed E-state index contributed by atoms with van der Waals surface area (Å²) in [5, 5.41) is 0. The van der Waals surface area contributed by atoms with E-state index in [9.17, 15) is 4.79 Å². The lowest BCUT2D eigenvalue weighted by atomic mass is 9.81. The molecule has 0 N–H and O–H groups in total. The van der Waals surface area contributed by atoms with Crippen LogP contribution in [-0.4, -0.2) is 5.78 Å².